The molecule has 0 radical (unpaired) electrons. The minimum atomic E-state index is -0.486. The number of aryl methyl sites for hydroxylation is 1. The second-order valence-corrected chi connectivity index (χ2v) is 10.3. The van der Waals surface area contributed by atoms with Gasteiger partial charge in [0.1, 0.15) is 11.6 Å². The van der Waals surface area contributed by atoms with Crippen molar-refractivity contribution < 1.29 is 13.5 Å². The van der Waals surface area contributed by atoms with Crippen molar-refractivity contribution in [1.82, 2.24) is 30.3 Å². The van der Waals surface area contributed by atoms with Gasteiger partial charge in [-0.15, -0.1) is 0 Å². The van der Waals surface area contributed by atoms with E-state index in [1.807, 2.05) is 19.2 Å². The third-order valence-corrected chi connectivity index (χ3v) is 7.89. The number of nitrogens with zero attached hydrogens (tertiary/aromatic N) is 4. The summed E-state index contributed by atoms with van der Waals surface area (Å²) in [6, 6.07) is 8.13. The van der Waals surface area contributed by atoms with E-state index in [0.717, 1.165) is 61.4 Å². The lowest BCUT2D eigenvalue weighted by Crippen LogP contribution is -2.63. The van der Waals surface area contributed by atoms with E-state index in [1.165, 1.54) is 23.8 Å². The summed E-state index contributed by atoms with van der Waals surface area (Å²) in [6.45, 7) is 7.46. The van der Waals surface area contributed by atoms with Gasteiger partial charge >= 0.3 is 0 Å². The predicted octanol–water partition coefficient (Wildman–Crippen LogP) is 4.38. The molecule has 2 aromatic heterocycles. The molecule has 3 aromatic rings. The molecule has 0 amide bonds. The number of piperidine rings is 1. The number of hydrogen-bond donors (Lipinski definition) is 2. The zero-order valence-corrected chi connectivity index (χ0v) is 21.9. The maximum Gasteiger partial charge on any atom is 0.166 e. The molecule has 1 aromatic carbocycles. The van der Waals surface area contributed by atoms with E-state index in [9.17, 15) is 8.78 Å². The molecule has 2 aliphatic heterocycles. The zero-order valence-electron chi connectivity index (χ0n) is 21.9. The van der Waals surface area contributed by atoms with Crippen LogP contribution < -0.4 is 5.32 Å². The second kappa shape index (κ2) is 10.9. The highest BCUT2D eigenvalue weighted by atomic mass is 19.1. The number of aromatic amines is 1. The third kappa shape index (κ3) is 5.45. The Morgan fingerprint density at radius 3 is 2.76 bits per heavy atom. The van der Waals surface area contributed by atoms with Crippen molar-refractivity contribution in [3.63, 3.8) is 0 Å². The number of fused-ring (bicyclic) bond motifs is 1. The number of H-pyrrole nitrogens is 1. The quantitative estimate of drug-likeness (QED) is 0.439. The van der Waals surface area contributed by atoms with Gasteiger partial charge < -0.3 is 4.74 Å². The SMILES string of the molecule is CCC1(NC(OC)N2CCc3[nH]nc(-c4ccnc(C)c4)c3C2)CCCN(Cc2c(F)cccc2F)C1. The first kappa shape index (κ1) is 25.9. The lowest BCUT2D eigenvalue weighted by molar-refractivity contribution is -0.0905. The molecule has 0 spiro atoms. The van der Waals surface area contributed by atoms with Gasteiger partial charge in [0.05, 0.1) is 5.69 Å². The van der Waals surface area contributed by atoms with E-state index in [4.69, 9.17) is 4.74 Å². The minimum Gasteiger partial charge on any atom is -0.353 e. The van der Waals surface area contributed by atoms with Crippen molar-refractivity contribution in [2.24, 2.45) is 0 Å². The first-order chi connectivity index (χ1) is 17.9. The highest BCUT2D eigenvalue weighted by molar-refractivity contribution is 5.64. The number of aromatic nitrogens is 3. The van der Waals surface area contributed by atoms with Crippen LogP contribution in [0.1, 0.15) is 48.7 Å². The highest BCUT2D eigenvalue weighted by Crippen LogP contribution is 2.31. The number of nitrogens with one attached hydrogen (secondary N) is 2. The first-order valence-corrected chi connectivity index (χ1v) is 13.1. The highest BCUT2D eigenvalue weighted by Gasteiger charge is 2.38. The molecular weight excluding hydrogens is 474 g/mol. The van der Waals surface area contributed by atoms with Crippen LogP contribution in [-0.4, -0.2) is 63.6 Å². The molecule has 37 heavy (non-hydrogen) atoms. The molecule has 198 valence electrons. The Morgan fingerprint density at radius 1 is 1.22 bits per heavy atom. The maximum atomic E-state index is 14.3. The van der Waals surface area contributed by atoms with E-state index in [-0.39, 0.29) is 24.0 Å². The fourth-order valence-electron chi connectivity index (χ4n) is 5.79. The standard InChI is InChI=1S/C28H36F2N6O/c1-4-28(11-6-13-35(18-28)16-21-23(29)7-5-8-24(21)30)32-27(37-3)36-14-10-25-22(17-36)26(34-33-25)20-9-12-31-19(2)15-20/h5,7-9,12,15,27,32H,4,6,10-11,13-14,16-18H2,1-3H3,(H,33,34). The van der Waals surface area contributed by atoms with Crippen molar-refractivity contribution in [2.75, 3.05) is 26.7 Å². The topological polar surface area (TPSA) is 69.3 Å². The van der Waals surface area contributed by atoms with Gasteiger partial charge in [0, 0.05) is 79.5 Å². The number of pyridine rings is 1. The van der Waals surface area contributed by atoms with E-state index in [1.54, 1.807) is 7.11 Å². The lowest BCUT2D eigenvalue weighted by Gasteiger charge is -2.47. The summed E-state index contributed by atoms with van der Waals surface area (Å²) in [5.41, 5.74) is 5.24. The number of ether oxygens (including phenoxy) is 1. The molecule has 1 fully saturated rings. The van der Waals surface area contributed by atoms with Crippen molar-refractivity contribution in [1.29, 1.82) is 0 Å². The molecule has 0 bridgehead atoms. The van der Waals surface area contributed by atoms with Gasteiger partial charge in [-0.25, -0.2) is 8.78 Å². The van der Waals surface area contributed by atoms with E-state index in [2.05, 4.69) is 43.3 Å². The molecular formula is C28H36F2N6O. The molecule has 2 aliphatic rings. The Labute approximate surface area is 217 Å². The van der Waals surface area contributed by atoms with Crippen molar-refractivity contribution in [3.8, 4) is 11.3 Å². The van der Waals surface area contributed by atoms with Crippen LogP contribution >= 0.6 is 0 Å². The van der Waals surface area contributed by atoms with Gasteiger partial charge in [0.25, 0.3) is 0 Å². The summed E-state index contributed by atoms with van der Waals surface area (Å²) in [5, 5.41) is 11.7. The average Bonchev–Trinajstić information content (AvgIpc) is 3.33. The Balaban J connectivity index is 1.32. The van der Waals surface area contributed by atoms with Gasteiger partial charge in [-0.2, -0.15) is 5.10 Å². The molecule has 0 aliphatic carbocycles. The average molecular weight is 511 g/mol. The van der Waals surface area contributed by atoms with Crippen LogP contribution in [0.3, 0.4) is 0 Å². The molecule has 0 saturated carbocycles. The summed E-state index contributed by atoms with van der Waals surface area (Å²) in [4.78, 5) is 8.78. The fraction of sp³-hybridized carbons (Fsp3) is 0.500. The predicted molar refractivity (Wildman–Crippen MR) is 138 cm³/mol. The lowest BCUT2D eigenvalue weighted by atomic mass is 9.86. The molecule has 2 N–H and O–H groups in total. The van der Waals surface area contributed by atoms with E-state index >= 15 is 0 Å². The smallest absolute Gasteiger partial charge is 0.166 e. The molecule has 4 heterocycles. The van der Waals surface area contributed by atoms with Crippen LogP contribution in [-0.2, 0) is 24.2 Å². The number of halogens is 2. The van der Waals surface area contributed by atoms with Gasteiger partial charge in [0.15, 0.2) is 6.35 Å². The zero-order chi connectivity index (χ0) is 26.0. The summed E-state index contributed by atoms with van der Waals surface area (Å²) in [7, 11) is 1.73. The normalized spacial score (nSPS) is 21.6. The van der Waals surface area contributed by atoms with Crippen molar-refractivity contribution in [2.45, 2.75) is 64.5 Å². The number of benzene rings is 1. The first-order valence-electron chi connectivity index (χ1n) is 13.1. The molecule has 1 saturated heterocycles. The summed E-state index contributed by atoms with van der Waals surface area (Å²) < 4.78 is 34.7. The van der Waals surface area contributed by atoms with Crippen molar-refractivity contribution >= 4 is 0 Å². The summed E-state index contributed by atoms with van der Waals surface area (Å²) in [6.07, 6.45) is 5.19. The van der Waals surface area contributed by atoms with Crippen molar-refractivity contribution in [3.05, 3.63) is 70.7 Å². The number of methoxy groups -OCH3 is 1. The maximum absolute atomic E-state index is 14.3. The number of likely N-dealkylation sites (tertiary alicyclic amines) is 1. The third-order valence-electron chi connectivity index (χ3n) is 7.89. The monoisotopic (exact) mass is 510 g/mol. The van der Waals surface area contributed by atoms with Crippen LogP contribution in [0.15, 0.2) is 36.5 Å². The summed E-state index contributed by atoms with van der Waals surface area (Å²) in [5.74, 6) is -0.973. The Morgan fingerprint density at radius 2 is 2.03 bits per heavy atom. The summed E-state index contributed by atoms with van der Waals surface area (Å²) >= 11 is 0. The number of rotatable bonds is 8. The van der Waals surface area contributed by atoms with Gasteiger partial charge in [-0.05, 0) is 57.0 Å². The molecule has 7 nitrogen and oxygen atoms in total. The van der Waals surface area contributed by atoms with E-state index in [0.29, 0.717) is 13.1 Å². The van der Waals surface area contributed by atoms with Crippen LogP contribution in [0.4, 0.5) is 8.78 Å². The van der Waals surface area contributed by atoms with Crippen LogP contribution in [0.5, 0.6) is 0 Å². The molecule has 9 heteroatoms. The number of hydrogen-bond acceptors (Lipinski definition) is 6. The largest absolute Gasteiger partial charge is 0.353 e. The Kier molecular flexibility index (Phi) is 7.67. The van der Waals surface area contributed by atoms with Gasteiger partial charge in [-0.1, -0.05) is 13.0 Å². The van der Waals surface area contributed by atoms with E-state index < -0.39 is 11.6 Å². The Hall–Kier alpha value is -2.72. The minimum absolute atomic E-state index is 0.139. The fourth-order valence-corrected chi connectivity index (χ4v) is 5.79. The van der Waals surface area contributed by atoms with Gasteiger partial charge in [-0.3, -0.25) is 25.2 Å². The second-order valence-electron chi connectivity index (χ2n) is 10.3. The van der Waals surface area contributed by atoms with Crippen LogP contribution in [0.2, 0.25) is 0 Å². The van der Waals surface area contributed by atoms with Crippen LogP contribution in [0, 0.1) is 18.6 Å². The molecule has 5 rings (SSSR count). The Bertz CT molecular complexity index is 1210. The van der Waals surface area contributed by atoms with Crippen LogP contribution in [0.25, 0.3) is 11.3 Å². The molecule has 2 atom stereocenters. The molecule has 2 unspecified atom stereocenters. The van der Waals surface area contributed by atoms with Gasteiger partial charge in [0.2, 0.25) is 0 Å².